The first-order chi connectivity index (χ1) is 22.1. The van der Waals surface area contributed by atoms with Gasteiger partial charge in [0.15, 0.2) is 0 Å². The van der Waals surface area contributed by atoms with Gasteiger partial charge in [0.05, 0.1) is 8.07 Å². The first-order valence-electron chi connectivity index (χ1n) is 16.6. The molecule has 0 N–H and O–H groups in total. The minimum absolute atomic E-state index is 0.00436. The van der Waals surface area contributed by atoms with Crippen molar-refractivity contribution in [3.05, 3.63) is 127 Å². The summed E-state index contributed by atoms with van der Waals surface area (Å²) in [5.74, 6) is 0. The fourth-order valence-electron chi connectivity index (χ4n) is 8.09. The molecule has 0 saturated carbocycles. The van der Waals surface area contributed by atoms with Crippen LogP contribution in [0.4, 0.5) is 17.1 Å². The highest BCUT2D eigenvalue weighted by Gasteiger charge is 2.43. The van der Waals surface area contributed by atoms with Gasteiger partial charge in [-0.15, -0.1) is 0 Å². The molecule has 2 aliphatic rings. The minimum Gasteiger partial charge on any atom is -0.311 e. The molecule has 7 aromatic rings. The number of benzene rings is 7. The summed E-state index contributed by atoms with van der Waals surface area (Å²) in [4.78, 5) is 2.58. The highest BCUT2D eigenvalue weighted by molar-refractivity contribution is 7.02. The molecule has 3 heteroatoms. The maximum atomic E-state index is 2.60. The molecule has 46 heavy (non-hydrogen) atoms. The van der Waals surface area contributed by atoms with E-state index in [0.29, 0.717) is 0 Å². The van der Waals surface area contributed by atoms with Crippen molar-refractivity contribution in [1.82, 2.24) is 0 Å². The second-order valence-electron chi connectivity index (χ2n) is 15.4. The van der Waals surface area contributed by atoms with Gasteiger partial charge in [0.2, 0.25) is 6.71 Å². The summed E-state index contributed by atoms with van der Waals surface area (Å²) in [7, 11) is -1.60. The first kappa shape index (κ1) is 27.7. The van der Waals surface area contributed by atoms with Gasteiger partial charge in [-0.1, -0.05) is 148 Å². The normalized spacial score (nSPS) is 13.8. The number of anilines is 3. The van der Waals surface area contributed by atoms with Crippen LogP contribution in [0.1, 0.15) is 26.3 Å². The van der Waals surface area contributed by atoms with Crippen molar-refractivity contribution in [2.24, 2.45) is 0 Å². The van der Waals surface area contributed by atoms with Crippen molar-refractivity contribution in [1.29, 1.82) is 0 Å². The van der Waals surface area contributed by atoms with E-state index in [2.05, 4.69) is 167 Å². The second kappa shape index (κ2) is 9.47. The number of hydrogen-bond acceptors (Lipinski definition) is 1. The van der Waals surface area contributed by atoms with Gasteiger partial charge in [0.1, 0.15) is 0 Å². The molecule has 7 aromatic carbocycles. The first-order valence-corrected chi connectivity index (χ1v) is 20.1. The lowest BCUT2D eigenvalue weighted by Crippen LogP contribution is -2.60. The summed E-state index contributed by atoms with van der Waals surface area (Å²) in [6.45, 7) is 14.6. The fourth-order valence-corrected chi connectivity index (χ4v) is 9.27. The minimum atomic E-state index is -1.60. The Balaban J connectivity index is 1.48. The molecule has 0 saturated heterocycles. The van der Waals surface area contributed by atoms with Gasteiger partial charge in [-0.05, 0) is 89.6 Å². The molecule has 0 radical (unpaired) electrons. The van der Waals surface area contributed by atoms with Gasteiger partial charge < -0.3 is 4.90 Å². The summed E-state index contributed by atoms with van der Waals surface area (Å²) in [5, 5.41) is 9.51. The third-order valence-corrected chi connectivity index (χ3v) is 12.5. The maximum Gasteiger partial charge on any atom is 0.249 e. The molecule has 2 heterocycles. The van der Waals surface area contributed by atoms with Crippen LogP contribution in [0.5, 0.6) is 0 Å². The van der Waals surface area contributed by atoms with E-state index < -0.39 is 8.07 Å². The third-order valence-electron chi connectivity index (χ3n) is 10.5. The highest BCUT2D eigenvalue weighted by Crippen LogP contribution is 2.45. The van der Waals surface area contributed by atoms with E-state index >= 15 is 0 Å². The summed E-state index contributed by atoms with van der Waals surface area (Å²) >= 11 is 0. The molecule has 0 amide bonds. The van der Waals surface area contributed by atoms with Gasteiger partial charge in [-0.3, -0.25) is 0 Å². The third kappa shape index (κ3) is 3.94. The van der Waals surface area contributed by atoms with E-state index in [1.165, 1.54) is 87.6 Å². The fraction of sp³-hybridized carbons (Fsp3) is 0.163. The van der Waals surface area contributed by atoms with E-state index in [4.69, 9.17) is 0 Å². The largest absolute Gasteiger partial charge is 0.311 e. The topological polar surface area (TPSA) is 3.24 Å². The second-order valence-corrected chi connectivity index (χ2v) is 20.5. The Morgan fingerprint density at radius 2 is 1.28 bits per heavy atom. The Morgan fingerprint density at radius 1 is 0.565 bits per heavy atom. The van der Waals surface area contributed by atoms with Crippen molar-refractivity contribution in [2.75, 3.05) is 4.90 Å². The van der Waals surface area contributed by atoms with Crippen LogP contribution in [-0.4, -0.2) is 14.8 Å². The Bertz CT molecular complexity index is 2410. The van der Waals surface area contributed by atoms with Crippen LogP contribution < -0.4 is 26.5 Å². The molecule has 0 spiro atoms. The summed E-state index contributed by atoms with van der Waals surface area (Å²) < 4.78 is 0. The summed E-state index contributed by atoms with van der Waals surface area (Å²) in [6.07, 6.45) is 0. The number of hydrogen-bond donors (Lipinski definition) is 0. The molecule has 2 aliphatic heterocycles. The lowest BCUT2D eigenvalue weighted by molar-refractivity contribution is 0.591. The molecule has 0 aliphatic carbocycles. The van der Waals surface area contributed by atoms with Crippen molar-refractivity contribution in [2.45, 2.75) is 45.8 Å². The van der Waals surface area contributed by atoms with Crippen LogP contribution in [-0.2, 0) is 5.41 Å². The zero-order valence-electron chi connectivity index (χ0n) is 27.6. The summed E-state index contributed by atoms with van der Waals surface area (Å²) in [5.41, 5.74) is 12.3. The van der Waals surface area contributed by atoms with Crippen LogP contribution in [0.25, 0.3) is 43.4 Å². The average molecular weight is 608 g/mol. The van der Waals surface area contributed by atoms with Crippen LogP contribution in [0, 0.1) is 0 Å². The number of fused-ring (bicyclic) bond motifs is 7. The molecular formula is C43H38BNSi. The molecule has 222 valence electrons. The predicted molar refractivity (Wildman–Crippen MR) is 205 cm³/mol. The van der Waals surface area contributed by atoms with Gasteiger partial charge in [-0.2, -0.15) is 0 Å². The molecule has 9 rings (SSSR count). The number of nitrogens with zero attached hydrogens (tertiary/aromatic N) is 1. The quantitative estimate of drug-likeness (QED) is 0.177. The zero-order chi connectivity index (χ0) is 31.5. The molecule has 0 atom stereocenters. The van der Waals surface area contributed by atoms with Crippen molar-refractivity contribution in [3.63, 3.8) is 0 Å². The van der Waals surface area contributed by atoms with E-state index in [9.17, 15) is 0 Å². The smallest absolute Gasteiger partial charge is 0.249 e. The van der Waals surface area contributed by atoms with Crippen molar-refractivity contribution >= 4 is 85.7 Å². The Hall–Kier alpha value is -4.60. The molecule has 0 unspecified atom stereocenters. The van der Waals surface area contributed by atoms with Gasteiger partial charge >= 0.3 is 0 Å². The van der Waals surface area contributed by atoms with Crippen LogP contribution in [0.15, 0.2) is 121 Å². The summed E-state index contributed by atoms with van der Waals surface area (Å²) in [6, 6.07) is 46.6. The number of rotatable bonds is 2. The predicted octanol–water partition coefficient (Wildman–Crippen LogP) is 9.27. The Labute approximate surface area is 273 Å². The Morgan fingerprint density at radius 3 is 2.07 bits per heavy atom. The molecular weight excluding hydrogens is 569 g/mol. The van der Waals surface area contributed by atoms with Gasteiger partial charge in [0, 0.05) is 17.1 Å². The molecule has 0 fully saturated rings. The van der Waals surface area contributed by atoms with E-state index in [1.54, 1.807) is 0 Å². The van der Waals surface area contributed by atoms with E-state index in [-0.39, 0.29) is 12.1 Å². The maximum absolute atomic E-state index is 2.60. The van der Waals surface area contributed by atoms with Crippen LogP contribution in [0.2, 0.25) is 19.6 Å². The average Bonchev–Trinajstić information content (AvgIpc) is 3.04. The van der Waals surface area contributed by atoms with Gasteiger partial charge in [-0.25, -0.2) is 0 Å². The van der Waals surface area contributed by atoms with Crippen molar-refractivity contribution in [3.8, 4) is 11.1 Å². The molecule has 0 bridgehead atoms. The van der Waals surface area contributed by atoms with Crippen LogP contribution >= 0.6 is 0 Å². The molecule has 0 aromatic heterocycles. The lowest BCUT2D eigenvalue weighted by atomic mass is 9.31. The highest BCUT2D eigenvalue weighted by atomic mass is 28.3. The zero-order valence-corrected chi connectivity index (χ0v) is 28.6. The van der Waals surface area contributed by atoms with E-state index in [0.717, 1.165) is 0 Å². The SMILES string of the molecule is CC(C)(C)c1cc2c3c(c1)N(c1ccc4ccccc4c1)c1ccc4ccccc4c1B3c1cc([Si](C)(C)C)cc3cccc-2c13. The standard InChI is InChI=1S/C43H38BNSi/c1-43(2,3)31-24-36-35-17-11-15-30-23-33(46(4,5)6)26-37(40(30)35)44-41-34-16-10-9-13-28(34)19-21-38(41)45(39(25-31)42(36)44)32-20-18-27-12-7-8-14-29(27)22-32/h7-26H,1-6H3. The lowest BCUT2D eigenvalue weighted by Gasteiger charge is -2.42. The van der Waals surface area contributed by atoms with Crippen molar-refractivity contribution < 1.29 is 0 Å². The monoisotopic (exact) mass is 607 g/mol. The molecule has 1 nitrogen and oxygen atoms in total. The van der Waals surface area contributed by atoms with Crippen LogP contribution in [0.3, 0.4) is 0 Å². The Kier molecular flexibility index (Phi) is 5.70. The van der Waals surface area contributed by atoms with Gasteiger partial charge in [0.25, 0.3) is 0 Å². The van der Waals surface area contributed by atoms with E-state index in [1.807, 2.05) is 0 Å².